The first-order valence-corrected chi connectivity index (χ1v) is 11.5. The van der Waals surface area contributed by atoms with Crippen molar-refractivity contribution in [2.75, 3.05) is 54.1 Å². The van der Waals surface area contributed by atoms with Gasteiger partial charge in [0.1, 0.15) is 6.61 Å². The van der Waals surface area contributed by atoms with Crippen LogP contribution < -0.4 is 20.0 Å². The van der Waals surface area contributed by atoms with Crippen LogP contribution in [0.5, 0.6) is 17.2 Å². The van der Waals surface area contributed by atoms with Crippen LogP contribution in [0.15, 0.2) is 39.5 Å². The van der Waals surface area contributed by atoms with Crippen molar-refractivity contribution >= 4 is 23.0 Å². The predicted octanol–water partition coefficient (Wildman–Crippen LogP) is 2.67. The van der Waals surface area contributed by atoms with Crippen molar-refractivity contribution in [3.63, 3.8) is 0 Å². The molecule has 1 aliphatic rings. The summed E-state index contributed by atoms with van der Waals surface area (Å²) in [6, 6.07) is 8.40. The Balaban J connectivity index is 1.24. The monoisotopic (exact) mass is 499 g/mol. The standard InChI is InChI=1S/C25H29N3O8/c1-32-21-12-16(13-22(33-2)23(21)34-3)15-35-25(31)28-10-8-27(9-11-28)7-6-19(29)17-4-5-18-20(14-17)36-24(30)26-18/h4-5,12-14H,6-11,15H2,1-3H3,(H,26,30). The van der Waals surface area contributed by atoms with Gasteiger partial charge in [0.25, 0.3) is 0 Å². The third kappa shape index (κ3) is 5.62. The summed E-state index contributed by atoms with van der Waals surface area (Å²) in [6.07, 6.45) is -0.0769. The van der Waals surface area contributed by atoms with Crippen LogP contribution in [0.4, 0.5) is 4.79 Å². The average Bonchev–Trinajstić information content (AvgIpc) is 3.29. The van der Waals surface area contributed by atoms with Gasteiger partial charge in [0.05, 0.1) is 26.8 Å². The third-order valence-electron chi connectivity index (χ3n) is 6.12. The van der Waals surface area contributed by atoms with Gasteiger partial charge in [-0.05, 0) is 35.9 Å². The number of aromatic amines is 1. The van der Waals surface area contributed by atoms with Crippen molar-refractivity contribution in [3.05, 3.63) is 52.0 Å². The highest BCUT2D eigenvalue weighted by molar-refractivity contribution is 5.98. The molecule has 11 heteroatoms. The molecule has 0 atom stereocenters. The maximum absolute atomic E-state index is 12.6. The van der Waals surface area contributed by atoms with Gasteiger partial charge in [-0.1, -0.05) is 0 Å². The minimum atomic E-state index is -0.547. The second-order valence-corrected chi connectivity index (χ2v) is 8.32. The van der Waals surface area contributed by atoms with Gasteiger partial charge in [-0.25, -0.2) is 9.59 Å². The predicted molar refractivity (Wildman–Crippen MR) is 130 cm³/mol. The minimum absolute atomic E-state index is 0.0343. The molecule has 192 valence electrons. The van der Waals surface area contributed by atoms with Crippen molar-refractivity contribution in [2.45, 2.75) is 13.0 Å². The summed E-state index contributed by atoms with van der Waals surface area (Å²) in [5.74, 6) is 0.871. The quantitative estimate of drug-likeness (QED) is 0.443. The normalized spacial score (nSPS) is 14.0. The van der Waals surface area contributed by atoms with Crippen molar-refractivity contribution < 1.29 is 33.0 Å². The number of oxazole rings is 1. The van der Waals surface area contributed by atoms with Crippen LogP contribution in [0.2, 0.25) is 0 Å². The molecule has 36 heavy (non-hydrogen) atoms. The molecule has 2 aromatic carbocycles. The number of fused-ring (bicyclic) bond motifs is 1. The van der Waals surface area contributed by atoms with E-state index in [4.69, 9.17) is 23.4 Å². The molecule has 1 saturated heterocycles. The Hall–Kier alpha value is -3.99. The Kier molecular flexibility index (Phi) is 7.79. The largest absolute Gasteiger partial charge is 0.493 e. The Bertz CT molecular complexity index is 1260. The average molecular weight is 500 g/mol. The Morgan fingerprint density at radius 1 is 0.972 bits per heavy atom. The molecule has 0 spiro atoms. The van der Waals surface area contributed by atoms with E-state index in [9.17, 15) is 14.4 Å². The van der Waals surface area contributed by atoms with Crippen LogP contribution >= 0.6 is 0 Å². The number of carbonyl (C=O) groups is 2. The highest BCUT2D eigenvalue weighted by Crippen LogP contribution is 2.38. The number of nitrogens with zero attached hydrogens (tertiary/aromatic N) is 2. The van der Waals surface area contributed by atoms with E-state index in [0.717, 1.165) is 0 Å². The van der Waals surface area contributed by atoms with E-state index < -0.39 is 11.8 Å². The molecule has 1 amide bonds. The first-order chi connectivity index (χ1) is 17.4. The molecule has 0 aliphatic carbocycles. The van der Waals surface area contributed by atoms with Crippen molar-refractivity contribution in [1.82, 2.24) is 14.8 Å². The molecular formula is C25H29N3O8. The minimum Gasteiger partial charge on any atom is -0.493 e. The van der Waals surface area contributed by atoms with Crippen molar-refractivity contribution in [2.24, 2.45) is 0 Å². The van der Waals surface area contributed by atoms with E-state index in [2.05, 4.69) is 9.88 Å². The van der Waals surface area contributed by atoms with E-state index in [1.54, 1.807) is 35.2 Å². The SMILES string of the molecule is COc1cc(COC(=O)N2CCN(CCC(=O)c3ccc4[nH]c(=O)oc4c3)CC2)cc(OC)c1OC. The summed E-state index contributed by atoms with van der Waals surface area (Å²) in [6.45, 7) is 2.92. The number of rotatable bonds is 9. The lowest BCUT2D eigenvalue weighted by molar-refractivity contribution is 0.0696. The molecule has 0 unspecified atom stereocenters. The second-order valence-electron chi connectivity index (χ2n) is 8.32. The van der Waals surface area contributed by atoms with Gasteiger partial charge >= 0.3 is 11.8 Å². The number of piperazine rings is 1. The molecule has 1 aromatic heterocycles. The van der Waals surface area contributed by atoms with Crippen LogP contribution in [0.1, 0.15) is 22.3 Å². The molecular weight excluding hydrogens is 470 g/mol. The number of ketones is 1. The van der Waals surface area contributed by atoms with E-state index >= 15 is 0 Å². The highest BCUT2D eigenvalue weighted by atomic mass is 16.6. The number of aromatic nitrogens is 1. The number of nitrogens with one attached hydrogen (secondary N) is 1. The second kappa shape index (κ2) is 11.2. The summed E-state index contributed by atoms with van der Waals surface area (Å²) in [4.78, 5) is 42.8. The molecule has 1 N–H and O–H groups in total. The zero-order valence-corrected chi connectivity index (χ0v) is 20.5. The molecule has 0 bridgehead atoms. The summed E-state index contributed by atoms with van der Waals surface area (Å²) in [5.41, 5.74) is 2.14. The van der Waals surface area contributed by atoms with Crippen LogP contribution in [-0.2, 0) is 11.3 Å². The topological polar surface area (TPSA) is 124 Å². The molecule has 11 nitrogen and oxygen atoms in total. The lowest BCUT2D eigenvalue weighted by Crippen LogP contribution is -2.49. The number of Topliss-reactive ketones (excluding diaryl/α,β-unsaturated/α-hetero) is 1. The number of methoxy groups -OCH3 is 3. The van der Waals surface area contributed by atoms with Crippen LogP contribution in [0, 0.1) is 0 Å². The number of hydrogen-bond acceptors (Lipinski definition) is 9. The maximum Gasteiger partial charge on any atom is 0.417 e. The molecule has 4 rings (SSSR count). The van der Waals surface area contributed by atoms with Gasteiger partial charge < -0.3 is 28.3 Å². The van der Waals surface area contributed by atoms with Crippen LogP contribution in [0.25, 0.3) is 11.1 Å². The number of ether oxygens (including phenoxy) is 4. The smallest absolute Gasteiger partial charge is 0.417 e. The van der Waals surface area contributed by atoms with E-state index in [1.165, 1.54) is 21.3 Å². The lowest BCUT2D eigenvalue weighted by atomic mass is 10.1. The molecule has 3 aromatic rings. The Labute approximate surface area is 207 Å². The number of H-pyrrole nitrogens is 1. The number of benzene rings is 2. The third-order valence-corrected chi connectivity index (χ3v) is 6.12. The van der Waals surface area contributed by atoms with E-state index in [1.807, 2.05) is 0 Å². The summed E-state index contributed by atoms with van der Waals surface area (Å²) < 4.78 is 26.5. The zero-order valence-electron chi connectivity index (χ0n) is 20.5. The molecule has 1 aliphatic heterocycles. The fourth-order valence-electron chi connectivity index (χ4n) is 4.13. The highest BCUT2D eigenvalue weighted by Gasteiger charge is 2.23. The van der Waals surface area contributed by atoms with Gasteiger partial charge in [-0.3, -0.25) is 14.7 Å². The van der Waals surface area contributed by atoms with Crippen molar-refractivity contribution in [1.29, 1.82) is 0 Å². The zero-order chi connectivity index (χ0) is 25.7. The van der Waals surface area contributed by atoms with Gasteiger partial charge in [-0.2, -0.15) is 0 Å². The number of hydrogen-bond donors (Lipinski definition) is 1. The summed E-state index contributed by atoms with van der Waals surface area (Å²) >= 11 is 0. The van der Waals surface area contributed by atoms with Crippen LogP contribution in [-0.4, -0.2) is 80.7 Å². The van der Waals surface area contributed by atoms with Gasteiger partial charge in [-0.15, -0.1) is 0 Å². The van der Waals surface area contributed by atoms with Crippen molar-refractivity contribution in [3.8, 4) is 17.2 Å². The summed E-state index contributed by atoms with van der Waals surface area (Å²) in [5, 5.41) is 0. The molecule has 0 saturated carbocycles. The van der Waals surface area contributed by atoms with Crippen LogP contribution in [0.3, 0.4) is 0 Å². The molecule has 1 fully saturated rings. The lowest BCUT2D eigenvalue weighted by Gasteiger charge is -2.33. The first-order valence-electron chi connectivity index (χ1n) is 11.5. The van der Waals surface area contributed by atoms with Gasteiger partial charge in [0, 0.05) is 44.7 Å². The van der Waals surface area contributed by atoms with Gasteiger partial charge in [0.15, 0.2) is 22.9 Å². The summed E-state index contributed by atoms with van der Waals surface area (Å²) in [7, 11) is 4.58. The Morgan fingerprint density at radius 3 is 2.31 bits per heavy atom. The fourth-order valence-corrected chi connectivity index (χ4v) is 4.13. The molecule has 0 radical (unpaired) electrons. The Morgan fingerprint density at radius 2 is 1.67 bits per heavy atom. The fraction of sp³-hybridized carbons (Fsp3) is 0.400. The number of amides is 1. The van der Waals surface area contributed by atoms with E-state index in [-0.39, 0.29) is 12.4 Å². The molecule has 2 heterocycles. The van der Waals surface area contributed by atoms with Gasteiger partial charge in [0.2, 0.25) is 5.75 Å². The van der Waals surface area contributed by atoms with E-state index in [0.29, 0.717) is 78.6 Å². The maximum atomic E-state index is 12.6. The first kappa shape index (κ1) is 25.1. The number of carbonyl (C=O) groups excluding carboxylic acids is 2.